The Balaban J connectivity index is 2.74. The van der Waals surface area contributed by atoms with Gasteiger partial charge >= 0.3 is 0 Å². The average Bonchev–Trinajstić information content (AvgIpc) is 2.25. The maximum atomic E-state index is 5.86. The summed E-state index contributed by atoms with van der Waals surface area (Å²) in [5.41, 5.74) is 0. The zero-order valence-electron chi connectivity index (χ0n) is 10.9. The summed E-state index contributed by atoms with van der Waals surface area (Å²) in [6.45, 7) is 8.04. The molecule has 1 rings (SSSR count). The van der Waals surface area contributed by atoms with Gasteiger partial charge in [-0.1, -0.05) is 13.8 Å². The fourth-order valence-corrected chi connectivity index (χ4v) is 1.46. The number of hydrogen-bond donors (Lipinski definition) is 1. The van der Waals surface area contributed by atoms with Crippen molar-refractivity contribution in [1.82, 2.24) is 15.0 Å². The van der Waals surface area contributed by atoms with Crippen molar-refractivity contribution in [3.8, 4) is 0 Å². The molecule has 0 aromatic carbocycles. The first kappa shape index (κ1) is 14.0. The van der Waals surface area contributed by atoms with Crippen LogP contribution in [0.25, 0.3) is 0 Å². The van der Waals surface area contributed by atoms with Crippen molar-refractivity contribution in [2.45, 2.75) is 27.2 Å². The van der Waals surface area contributed by atoms with Crippen LogP contribution in [0.5, 0.6) is 0 Å². The van der Waals surface area contributed by atoms with Crippen molar-refractivity contribution in [2.24, 2.45) is 5.92 Å². The molecule has 1 heterocycles. The average molecular weight is 258 g/mol. The lowest BCUT2D eigenvalue weighted by atomic mass is 10.1. The number of nitrogens with zero attached hydrogens (tertiary/aromatic N) is 4. The first-order chi connectivity index (χ1) is 8.02. The predicted molar refractivity (Wildman–Crippen MR) is 71.7 cm³/mol. The Kier molecular flexibility index (Phi) is 5.41. The van der Waals surface area contributed by atoms with Crippen LogP contribution in [-0.2, 0) is 0 Å². The quantitative estimate of drug-likeness (QED) is 0.848. The van der Waals surface area contributed by atoms with Gasteiger partial charge in [-0.15, -0.1) is 0 Å². The topological polar surface area (TPSA) is 53.9 Å². The van der Waals surface area contributed by atoms with Gasteiger partial charge in [0.05, 0.1) is 0 Å². The van der Waals surface area contributed by atoms with Crippen LogP contribution in [0.15, 0.2) is 0 Å². The third kappa shape index (κ3) is 4.73. The van der Waals surface area contributed by atoms with Gasteiger partial charge in [0.2, 0.25) is 17.2 Å². The van der Waals surface area contributed by atoms with Crippen LogP contribution in [0, 0.1) is 5.92 Å². The normalized spacial score (nSPS) is 10.7. The Morgan fingerprint density at radius 1 is 1.29 bits per heavy atom. The summed E-state index contributed by atoms with van der Waals surface area (Å²) < 4.78 is 0. The lowest BCUT2D eigenvalue weighted by Gasteiger charge is -2.18. The van der Waals surface area contributed by atoms with E-state index in [1.165, 1.54) is 0 Å². The number of nitrogens with one attached hydrogen (secondary N) is 1. The Morgan fingerprint density at radius 3 is 2.59 bits per heavy atom. The number of halogens is 1. The van der Waals surface area contributed by atoms with Gasteiger partial charge in [-0.3, -0.25) is 0 Å². The van der Waals surface area contributed by atoms with Crippen LogP contribution in [0.1, 0.15) is 27.2 Å². The number of hydrogen-bond acceptors (Lipinski definition) is 5. The van der Waals surface area contributed by atoms with Gasteiger partial charge in [0.15, 0.2) is 0 Å². The second-order valence-electron chi connectivity index (χ2n) is 4.36. The molecule has 1 aromatic rings. The molecule has 5 nitrogen and oxygen atoms in total. The van der Waals surface area contributed by atoms with Crippen molar-refractivity contribution in [3.05, 3.63) is 5.28 Å². The molecule has 0 bridgehead atoms. The Labute approximate surface area is 108 Å². The molecular weight excluding hydrogens is 238 g/mol. The van der Waals surface area contributed by atoms with Crippen molar-refractivity contribution >= 4 is 23.5 Å². The highest BCUT2D eigenvalue weighted by atomic mass is 35.5. The first-order valence-corrected chi connectivity index (χ1v) is 6.27. The van der Waals surface area contributed by atoms with Gasteiger partial charge in [-0.05, 0) is 30.9 Å². The van der Waals surface area contributed by atoms with E-state index in [9.17, 15) is 0 Å². The largest absolute Gasteiger partial charge is 0.354 e. The van der Waals surface area contributed by atoms with Gasteiger partial charge < -0.3 is 10.2 Å². The monoisotopic (exact) mass is 257 g/mol. The summed E-state index contributed by atoms with van der Waals surface area (Å²) in [7, 11) is 1.96. The van der Waals surface area contributed by atoms with Gasteiger partial charge in [-0.2, -0.15) is 15.0 Å². The summed E-state index contributed by atoms with van der Waals surface area (Å²) in [4.78, 5) is 14.4. The van der Waals surface area contributed by atoms with E-state index in [1.807, 2.05) is 18.9 Å². The van der Waals surface area contributed by atoms with Crippen LogP contribution in [0.4, 0.5) is 11.9 Å². The van der Waals surface area contributed by atoms with E-state index in [0.29, 0.717) is 17.8 Å². The molecule has 0 amide bonds. The maximum absolute atomic E-state index is 5.86. The Morgan fingerprint density at radius 2 is 2.00 bits per heavy atom. The van der Waals surface area contributed by atoms with Gasteiger partial charge in [0.25, 0.3) is 0 Å². The minimum Gasteiger partial charge on any atom is -0.354 e. The molecule has 1 N–H and O–H groups in total. The van der Waals surface area contributed by atoms with E-state index in [4.69, 9.17) is 11.6 Å². The lowest BCUT2D eigenvalue weighted by Crippen LogP contribution is -2.23. The molecule has 1 aromatic heterocycles. The van der Waals surface area contributed by atoms with E-state index in [0.717, 1.165) is 19.5 Å². The molecular formula is C11H20ClN5. The van der Waals surface area contributed by atoms with Gasteiger partial charge in [0, 0.05) is 20.1 Å². The van der Waals surface area contributed by atoms with Crippen LogP contribution >= 0.6 is 11.6 Å². The van der Waals surface area contributed by atoms with Crippen molar-refractivity contribution in [3.63, 3.8) is 0 Å². The van der Waals surface area contributed by atoms with Gasteiger partial charge in [0.1, 0.15) is 0 Å². The lowest BCUT2D eigenvalue weighted by molar-refractivity contribution is 0.581. The Hall–Kier alpha value is -1.10. The maximum Gasteiger partial charge on any atom is 0.231 e. The fourth-order valence-electron chi connectivity index (χ4n) is 1.30. The molecule has 0 aliphatic rings. The summed E-state index contributed by atoms with van der Waals surface area (Å²) in [6.07, 6.45) is 1.09. The Bertz CT molecular complexity index is 356. The third-order valence-electron chi connectivity index (χ3n) is 2.31. The van der Waals surface area contributed by atoms with Crippen molar-refractivity contribution < 1.29 is 0 Å². The standard InChI is InChI=1S/C11H20ClN5/c1-5-13-10-14-9(12)15-11(16-10)17(4)7-6-8(2)3/h8H,5-7H2,1-4H3,(H,13,14,15,16). The van der Waals surface area contributed by atoms with Crippen LogP contribution in [0.3, 0.4) is 0 Å². The molecule has 0 radical (unpaired) electrons. The smallest absolute Gasteiger partial charge is 0.231 e. The van der Waals surface area contributed by atoms with E-state index >= 15 is 0 Å². The molecule has 0 atom stereocenters. The molecule has 0 spiro atoms. The molecule has 0 aliphatic heterocycles. The van der Waals surface area contributed by atoms with Crippen LogP contribution in [-0.4, -0.2) is 35.1 Å². The second-order valence-corrected chi connectivity index (χ2v) is 4.70. The predicted octanol–water partition coefficient (Wildman–Crippen LogP) is 2.44. The summed E-state index contributed by atoms with van der Waals surface area (Å²) >= 11 is 5.86. The zero-order chi connectivity index (χ0) is 12.8. The highest BCUT2D eigenvalue weighted by Crippen LogP contribution is 2.13. The highest BCUT2D eigenvalue weighted by Gasteiger charge is 2.09. The SMILES string of the molecule is CCNc1nc(Cl)nc(N(C)CCC(C)C)n1. The van der Waals surface area contributed by atoms with E-state index in [2.05, 4.69) is 34.1 Å². The fraction of sp³-hybridized carbons (Fsp3) is 0.727. The summed E-state index contributed by atoms with van der Waals surface area (Å²) in [6, 6.07) is 0. The van der Waals surface area contributed by atoms with E-state index < -0.39 is 0 Å². The molecule has 0 saturated carbocycles. The summed E-state index contributed by atoms with van der Waals surface area (Å²) in [5, 5.41) is 3.26. The molecule has 0 aliphatic carbocycles. The minimum atomic E-state index is 0.224. The molecule has 0 fully saturated rings. The van der Waals surface area contributed by atoms with Crippen LogP contribution in [0.2, 0.25) is 5.28 Å². The number of aromatic nitrogens is 3. The summed E-state index contributed by atoms with van der Waals surface area (Å²) in [5.74, 6) is 1.79. The second kappa shape index (κ2) is 6.59. The third-order valence-corrected chi connectivity index (χ3v) is 2.48. The first-order valence-electron chi connectivity index (χ1n) is 5.89. The number of anilines is 2. The van der Waals surface area contributed by atoms with Crippen LogP contribution < -0.4 is 10.2 Å². The zero-order valence-corrected chi connectivity index (χ0v) is 11.6. The molecule has 96 valence electrons. The van der Waals surface area contributed by atoms with E-state index in [-0.39, 0.29) is 5.28 Å². The van der Waals surface area contributed by atoms with E-state index in [1.54, 1.807) is 0 Å². The molecule has 0 unspecified atom stereocenters. The van der Waals surface area contributed by atoms with Crippen molar-refractivity contribution in [2.75, 3.05) is 30.4 Å². The highest BCUT2D eigenvalue weighted by molar-refractivity contribution is 6.28. The van der Waals surface area contributed by atoms with Crippen molar-refractivity contribution in [1.29, 1.82) is 0 Å². The number of rotatable bonds is 6. The molecule has 0 saturated heterocycles. The minimum absolute atomic E-state index is 0.224. The van der Waals surface area contributed by atoms with Gasteiger partial charge in [-0.25, -0.2) is 0 Å². The molecule has 6 heteroatoms. The molecule has 17 heavy (non-hydrogen) atoms.